The first kappa shape index (κ1) is 14.9. The Morgan fingerprint density at radius 1 is 1.12 bits per heavy atom. The third kappa shape index (κ3) is 7.02. The summed E-state index contributed by atoms with van der Waals surface area (Å²) in [4.78, 5) is 2.57. The molecule has 0 saturated carbocycles. The lowest BCUT2D eigenvalue weighted by molar-refractivity contribution is 0.231. The zero-order chi connectivity index (χ0) is 12.3. The fourth-order valence-corrected chi connectivity index (χ4v) is 2.62. The number of piperazine rings is 1. The van der Waals surface area contributed by atoms with Gasteiger partial charge in [0.05, 0.1) is 0 Å². The molecule has 0 spiro atoms. The van der Waals surface area contributed by atoms with Crippen molar-refractivity contribution in [3.8, 4) is 0 Å². The quantitative estimate of drug-likeness (QED) is 0.606. The van der Waals surface area contributed by atoms with Crippen LogP contribution in [0.4, 0.5) is 0 Å². The van der Waals surface area contributed by atoms with Gasteiger partial charge < -0.3 is 15.3 Å². The molecule has 0 aliphatic carbocycles. The van der Waals surface area contributed by atoms with Crippen molar-refractivity contribution in [1.82, 2.24) is 10.2 Å². The van der Waals surface area contributed by atoms with Gasteiger partial charge >= 0.3 is 0 Å². The van der Waals surface area contributed by atoms with Gasteiger partial charge in [0.2, 0.25) is 0 Å². The minimum atomic E-state index is 0.360. The monoisotopic (exact) mass is 242 g/mol. The van der Waals surface area contributed by atoms with Gasteiger partial charge in [0.15, 0.2) is 0 Å². The molecule has 17 heavy (non-hydrogen) atoms. The molecule has 1 aliphatic heterocycles. The molecule has 1 saturated heterocycles. The van der Waals surface area contributed by atoms with Crippen LogP contribution in [0.1, 0.15) is 45.4 Å². The molecule has 1 heterocycles. The second kappa shape index (κ2) is 9.86. The summed E-state index contributed by atoms with van der Waals surface area (Å²) in [6.07, 6.45) is 7.55. The van der Waals surface area contributed by atoms with Crippen LogP contribution in [-0.2, 0) is 0 Å². The summed E-state index contributed by atoms with van der Waals surface area (Å²) in [6.45, 7) is 8.64. The Labute approximate surface area is 107 Å². The zero-order valence-electron chi connectivity index (χ0n) is 11.5. The second-order valence-electron chi connectivity index (χ2n) is 5.23. The summed E-state index contributed by atoms with van der Waals surface area (Å²) in [7, 11) is 0. The maximum absolute atomic E-state index is 8.93. The minimum Gasteiger partial charge on any atom is -0.396 e. The van der Waals surface area contributed by atoms with Crippen LogP contribution in [0.25, 0.3) is 0 Å². The van der Waals surface area contributed by atoms with Crippen molar-refractivity contribution < 1.29 is 5.11 Å². The molecule has 0 aromatic heterocycles. The fourth-order valence-electron chi connectivity index (χ4n) is 2.62. The third-order valence-corrected chi connectivity index (χ3v) is 3.91. The van der Waals surface area contributed by atoms with Gasteiger partial charge in [0.25, 0.3) is 0 Å². The van der Waals surface area contributed by atoms with Crippen LogP contribution < -0.4 is 5.32 Å². The van der Waals surface area contributed by atoms with Crippen LogP contribution >= 0.6 is 0 Å². The van der Waals surface area contributed by atoms with Crippen molar-refractivity contribution in [3.05, 3.63) is 0 Å². The summed E-state index contributed by atoms with van der Waals surface area (Å²) in [5.74, 6) is 0.749. The Morgan fingerprint density at radius 3 is 2.53 bits per heavy atom. The van der Waals surface area contributed by atoms with Crippen LogP contribution in [-0.4, -0.2) is 49.3 Å². The smallest absolute Gasteiger partial charge is 0.0433 e. The molecule has 0 amide bonds. The van der Waals surface area contributed by atoms with E-state index in [1.165, 1.54) is 51.7 Å². The van der Waals surface area contributed by atoms with Crippen molar-refractivity contribution in [2.75, 3.05) is 39.3 Å². The maximum Gasteiger partial charge on any atom is 0.0433 e. The molecular formula is C14H30N2O. The van der Waals surface area contributed by atoms with Gasteiger partial charge in [-0.25, -0.2) is 0 Å². The van der Waals surface area contributed by atoms with Gasteiger partial charge in [0, 0.05) is 32.8 Å². The molecule has 1 rings (SSSR count). The standard InChI is InChI=1S/C14H30N2O/c1-2-14(7-13-17)6-4-3-5-10-16-11-8-15-9-12-16/h14-15,17H,2-13H2,1H3/t14-/m1/s1. The number of nitrogens with one attached hydrogen (secondary N) is 1. The van der Waals surface area contributed by atoms with Gasteiger partial charge in [-0.2, -0.15) is 0 Å². The molecule has 2 N–H and O–H groups in total. The summed E-state index contributed by atoms with van der Waals surface area (Å²) < 4.78 is 0. The first-order chi connectivity index (χ1) is 8.36. The highest BCUT2D eigenvalue weighted by Gasteiger charge is 2.09. The molecule has 0 aromatic rings. The van der Waals surface area contributed by atoms with Gasteiger partial charge in [-0.3, -0.25) is 0 Å². The van der Waals surface area contributed by atoms with E-state index < -0.39 is 0 Å². The molecule has 0 bridgehead atoms. The van der Waals surface area contributed by atoms with Crippen LogP contribution in [0.3, 0.4) is 0 Å². The molecule has 1 aliphatic rings. The number of rotatable bonds is 9. The van der Waals surface area contributed by atoms with E-state index in [2.05, 4.69) is 17.1 Å². The lowest BCUT2D eigenvalue weighted by Gasteiger charge is -2.27. The Bertz CT molecular complexity index is 163. The fraction of sp³-hybridized carbons (Fsp3) is 1.00. The molecule has 3 nitrogen and oxygen atoms in total. The molecule has 0 aromatic carbocycles. The Balaban J connectivity index is 1.92. The molecule has 0 radical (unpaired) electrons. The number of unbranched alkanes of at least 4 members (excludes halogenated alkanes) is 2. The second-order valence-corrected chi connectivity index (χ2v) is 5.23. The van der Waals surface area contributed by atoms with E-state index in [0.717, 1.165) is 25.4 Å². The van der Waals surface area contributed by atoms with Crippen molar-refractivity contribution in [3.63, 3.8) is 0 Å². The molecule has 102 valence electrons. The molecule has 3 heteroatoms. The van der Waals surface area contributed by atoms with E-state index in [1.807, 2.05) is 0 Å². The van der Waals surface area contributed by atoms with Crippen LogP contribution in [0.2, 0.25) is 0 Å². The van der Waals surface area contributed by atoms with Gasteiger partial charge in [-0.05, 0) is 25.3 Å². The number of aliphatic hydroxyl groups excluding tert-OH is 1. The molecule has 1 fully saturated rings. The first-order valence-corrected chi connectivity index (χ1v) is 7.40. The highest BCUT2D eigenvalue weighted by Crippen LogP contribution is 2.16. The minimum absolute atomic E-state index is 0.360. The van der Waals surface area contributed by atoms with E-state index >= 15 is 0 Å². The van der Waals surface area contributed by atoms with E-state index in [0.29, 0.717) is 6.61 Å². The highest BCUT2D eigenvalue weighted by molar-refractivity contribution is 4.67. The van der Waals surface area contributed by atoms with Crippen LogP contribution in [0.15, 0.2) is 0 Å². The molecule has 0 unspecified atom stereocenters. The number of hydrogen-bond donors (Lipinski definition) is 2. The first-order valence-electron chi connectivity index (χ1n) is 7.40. The number of nitrogens with zero attached hydrogens (tertiary/aromatic N) is 1. The van der Waals surface area contributed by atoms with Crippen LogP contribution in [0, 0.1) is 5.92 Å². The van der Waals surface area contributed by atoms with E-state index in [-0.39, 0.29) is 0 Å². The largest absolute Gasteiger partial charge is 0.396 e. The lowest BCUT2D eigenvalue weighted by Crippen LogP contribution is -2.43. The number of hydrogen-bond acceptors (Lipinski definition) is 3. The highest BCUT2D eigenvalue weighted by atomic mass is 16.3. The Morgan fingerprint density at radius 2 is 1.88 bits per heavy atom. The topological polar surface area (TPSA) is 35.5 Å². The van der Waals surface area contributed by atoms with Crippen molar-refractivity contribution in [2.24, 2.45) is 5.92 Å². The Kier molecular flexibility index (Phi) is 8.67. The zero-order valence-corrected chi connectivity index (χ0v) is 11.5. The van der Waals surface area contributed by atoms with E-state index in [9.17, 15) is 0 Å². The SMILES string of the molecule is CC[C@@H](CCO)CCCCCN1CCNCC1. The maximum atomic E-state index is 8.93. The number of aliphatic hydroxyl groups is 1. The molecule has 1 atom stereocenters. The summed E-state index contributed by atoms with van der Waals surface area (Å²) >= 11 is 0. The van der Waals surface area contributed by atoms with Gasteiger partial charge in [-0.15, -0.1) is 0 Å². The predicted octanol–water partition coefficient (Wildman–Crippen LogP) is 1.86. The lowest BCUT2D eigenvalue weighted by atomic mass is 9.95. The normalized spacial score (nSPS) is 19.4. The van der Waals surface area contributed by atoms with Crippen molar-refractivity contribution in [2.45, 2.75) is 45.4 Å². The van der Waals surface area contributed by atoms with Crippen LogP contribution in [0.5, 0.6) is 0 Å². The third-order valence-electron chi connectivity index (χ3n) is 3.91. The summed E-state index contributed by atoms with van der Waals surface area (Å²) in [6, 6.07) is 0. The van der Waals surface area contributed by atoms with E-state index in [1.54, 1.807) is 0 Å². The van der Waals surface area contributed by atoms with Gasteiger partial charge in [-0.1, -0.05) is 32.6 Å². The Hall–Kier alpha value is -0.120. The van der Waals surface area contributed by atoms with Crippen molar-refractivity contribution in [1.29, 1.82) is 0 Å². The van der Waals surface area contributed by atoms with Crippen molar-refractivity contribution >= 4 is 0 Å². The van der Waals surface area contributed by atoms with E-state index in [4.69, 9.17) is 5.11 Å². The molecular weight excluding hydrogens is 212 g/mol. The van der Waals surface area contributed by atoms with Gasteiger partial charge in [0.1, 0.15) is 0 Å². The predicted molar refractivity (Wildman–Crippen MR) is 73.3 cm³/mol. The average Bonchev–Trinajstić information content (AvgIpc) is 2.38. The average molecular weight is 242 g/mol. The summed E-state index contributed by atoms with van der Waals surface area (Å²) in [5.41, 5.74) is 0. The summed E-state index contributed by atoms with van der Waals surface area (Å²) in [5, 5.41) is 12.3.